The molecule has 0 spiro atoms. The standard InChI is InChI=1S/C11H23N3O/c1-11(2)7-13(4)9(6-12-3)10(15)14(5)8-11/h9,12H,6-8H2,1-5H3. The fraction of sp³-hybridized carbons (Fsp3) is 0.909. The number of carbonyl (C=O) groups excluding carboxylic acids is 1. The van der Waals surface area contributed by atoms with Crippen LogP contribution in [0.25, 0.3) is 0 Å². The van der Waals surface area contributed by atoms with E-state index in [0.29, 0.717) is 0 Å². The minimum atomic E-state index is -0.0261. The average molecular weight is 213 g/mol. The summed E-state index contributed by atoms with van der Waals surface area (Å²) in [6, 6.07) is -0.0261. The van der Waals surface area contributed by atoms with Crippen LogP contribution < -0.4 is 5.32 Å². The molecule has 1 heterocycles. The first-order chi connectivity index (χ1) is 6.87. The maximum atomic E-state index is 12.1. The van der Waals surface area contributed by atoms with Gasteiger partial charge in [0.1, 0.15) is 6.04 Å². The van der Waals surface area contributed by atoms with E-state index < -0.39 is 0 Å². The van der Waals surface area contributed by atoms with Crippen molar-refractivity contribution in [2.75, 3.05) is 40.8 Å². The third-order valence-corrected chi connectivity index (χ3v) is 2.93. The van der Waals surface area contributed by atoms with Gasteiger partial charge in [-0.3, -0.25) is 9.69 Å². The molecular weight excluding hydrogens is 190 g/mol. The molecule has 0 aromatic heterocycles. The molecule has 0 radical (unpaired) electrons. The molecule has 1 amide bonds. The van der Waals surface area contributed by atoms with Crippen LogP contribution in [0, 0.1) is 5.41 Å². The van der Waals surface area contributed by atoms with Gasteiger partial charge < -0.3 is 10.2 Å². The maximum Gasteiger partial charge on any atom is 0.240 e. The smallest absolute Gasteiger partial charge is 0.240 e. The zero-order chi connectivity index (χ0) is 11.6. The Balaban J connectivity index is 2.85. The summed E-state index contributed by atoms with van der Waals surface area (Å²) in [7, 11) is 5.81. The van der Waals surface area contributed by atoms with Crippen molar-refractivity contribution in [3.05, 3.63) is 0 Å². The van der Waals surface area contributed by atoms with Crippen molar-refractivity contribution in [3.8, 4) is 0 Å². The zero-order valence-electron chi connectivity index (χ0n) is 10.5. The van der Waals surface area contributed by atoms with Crippen molar-refractivity contribution in [2.45, 2.75) is 19.9 Å². The van der Waals surface area contributed by atoms with E-state index in [1.165, 1.54) is 0 Å². The Kier molecular flexibility index (Phi) is 3.73. The molecule has 4 heteroatoms. The van der Waals surface area contributed by atoms with Crippen LogP contribution in [0.3, 0.4) is 0 Å². The number of rotatable bonds is 2. The van der Waals surface area contributed by atoms with E-state index in [4.69, 9.17) is 0 Å². The van der Waals surface area contributed by atoms with E-state index in [-0.39, 0.29) is 17.4 Å². The van der Waals surface area contributed by atoms with Gasteiger partial charge in [0.15, 0.2) is 0 Å². The molecule has 1 fully saturated rings. The highest BCUT2D eigenvalue weighted by Crippen LogP contribution is 2.23. The number of nitrogens with zero attached hydrogens (tertiary/aromatic N) is 2. The molecule has 0 saturated carbocycles. The third-order valence-electron chi connectivity index (χ3n) is 2.93. The lowest BCUT2D eigenvalue weighted by Crippen LogP contribution is -2.48. The molecule has 1 aliphatic heterocycles. The lowest BCUT2D eigenvalue weighted by Gasteiger charge is -2.29. The van der Waals surface area contributed by atoms with Crippen LogP contribution in [0.1, 0.15) is 13.8 Å². The van der Waals surface area contributed by atoms with E-state index in [2.05, 4.69) is 24.1 Å². The van der Waals surface area contributed by atoms with Crippen molar-refractivity contribution < 1.29 is 4.79 Å². The van der Waals surface area contributed by atoms with E-state index in [0.717, 1.165) is 19.6 Å². The van der Waals surface area contributed by atoms with Crippen molar-refractivity contribution in [2.24, 2.45) is 5.41 Å². The lowest BCUT2D eigenvalue weighted by atomic mass is 9.93. The number of carbonyl (C=O) groups is 1. The van der Waals surface area contributed by atoms with Crippen LogP contribution in [-0.2, 0) is 4.79 Å². The Labute approximate surface area is 92.6 Å². The summed E-state index contributed by atoms with van der Waals surface area (Å²) in [6.45, 7) is 6.91. The van der Waals surface area contributed by atoms with Gasteiger partial charge in [-0.25, -0.2) is 0 Å². The highest BCUT2D eigenvalue weighted by atomic mass is 16.2. The minimum absolute atomic E-state index is 0.0261. The predicted octanol–water partition coefficient (Wildman–Crippen LogP) is 0.00440. The molecule has 1 N–H and O–H groups in total. The predicted molar refractivity (Wildman–Crippen MR) is 61.8 cm³/mol. The van der Waals surface area contributed by atoms with Crippen molar-refractivity contribution >= 4 is 5.91 Å². The Bertz CT molecular complexity index is 240. The second kappa shape index (κ2) is 4.49. The molecule has 4 nitrogen and oxygen atoms in total. The summed E-state index contributed by atoms with van der Waals surface area (Å²) < 4.78 is 0. The average Bonchev–Trinajstić information content (AvgIpc) is 2.16. The number of hydrogen-bond acceptors (Lipinski definition) is 3. The SMILES string of the molecule is CNCC1C(=O)N(C)CC(C)(C)CN1C. The van der Waals surface area contributed by atoms with Crippen LogP contribution in [0.2, 0.25) is 0 Å². The fourth-order valence-corrected chi connectivity index (χ4v) is 2.43. The van der Waals surface area contributed by atoms with Gasteiger partial charge in [0.05, 0.1) is 0 Å². The first-order valence-corrected chi connectivity index (χ1v) is 5.47. The van der Waals surface area contributed by atoms with E-state index in [1.54, 1.807) is 0 Å². The largest absolute Gasteiger partial charge is 0.344 e. The van der Waals surface area contributed by atoms with Gasteiger partial charge in [-0.1, -0.05) is 13.8 Å². The molecule has 0 aromatic rings. The summed E-state index contributed by atoms with van der Waals surface area (Å²) in [4.78, 5) is 16.1. The summed E-state index contributed by atoms with van der Waals surface area (Å²) in [5, 5.41) is 3.08. The van der Waals surface area contributed by atoms with Gasteiger partial charge in [-0.15, -0.1) is 0 Å². The maximum absolute atomic E-state index is 12.1. The number of hydrogen-bond donors (Lipinski definition) is 1. The van der Waals surface area contributed by atoms with E-state index in [9.17, 15) is 4.79 Å². The van der Waals surface area contributed by atoms with Gasteiger partial charge in [-0.05, 0) is 19.5 Å². The van der Waals surface area contributed by atoms with Crippen molar-refractivity contribution in [1.82, 2.24) is 15.1 Å². The molecule has 1 rings (SSSR count). The molecule has 0 aromatic carbocycles. The third kappa shape index (κ3) is 2.92. The zero-order valence-corrected chi connectivity index (χ0v) is 10.5. The van der Waals surface area contributed by atoms with E-state index >= 15 is 0 Å². The summed E-state index contributed by atoms with van der Waals surface area (Å²) in [5.41, 5.74) is 0.168. The topological polar surface area (TPSA) is 35.6 Å². The second-order valence-corrected chi connectivity index (χ2v) is 5.35. The summed E-state index contributed by atoms with van der Waals surface area (Å²) in [6.07, 6.45) is 0. The quantitative estimate of drug-likeness (QED) is 0.701. The van der Waals surface area contributed by atoms with Crippen molar-refractivity contribution in [3.63, 3.8) is 0 Å². The molecular formula is C11H23N3O. The Morgan fingerprint density at radius 1 is 1.40 bits per heavy atom. The molecule has 1 saturated heterocycles. The van der Waals surface area contributed by atoms with Crippen LogP contribution in [0.4, 0.5) is 0 Å². The number of nitrogens with one attached hydrogen (secondary N) is 1. The Morgan fingerprint density at radius 3 is 2.53 bits per heavy atom. The highest BCUT2D eigenvalue weighted by Gasteiger charge is 2.35. The first kappa shape index (κ1) is 12.5. The molecule has 15 heavy (non-hydrogen) atoms. The fourth-order valence-electron chi connectivity index (χ4n) is 2.43. The molecule has 88 valence electrons. The molecule has 1 aliphatic rings. The molecule has 0 bridgehead atoms. The van der Waals surface area contributed by atoms with Crippen molar-refractivity contribution in [1.29, 1.82) is 0 Å². The summed E-state index contributed by atoms with van der Waals surface area (Å²) >= 11 is 0. The Hall–Kier alpha value is -0.610. The highest BCUT2D eigenvalue weighted by molar-refractivity contribution is 5.82. The van der Waals surface area contributed by atoms with Gasteiger partial charge in [0.2, 0.25) is 5.91 Å². The van der Waals surface area contributed by atoms with Crippen LogP contribution in [0.5, 0.6) is 0 Å². The molecule has 1 unspecified atom stereocenters. The number of likely N-dealkylation sites (N-methyl/N-ethyl adjacent to an activating group) is 3. The minimum Gasteiger partial charge on any atom is -0.344 e. The van der Waals surface area contributed by atoms with Crippen LogP contribution in [0.15, 0.2) is 0 Å². The van der Waals surface area contributed by atoms with Gasteiger partial charge in [-0.2, -0.15) is 0 Å². The molecule has 0 aliphatic carbocycles. The van der Waals surface area contributed by atoms with E-state index in [1.807, 2.05) is 26.0 Å². The Morgan fingerprint density at radius 2 is 2.00 bits per heavy atom. The van der Waals surface area contributed by atoms with Gasteiger partial charge in [0.25, 0.3) is 0 Å². The normalized spacial score (nSPS) is 27.9. The van der Waals surface area contributed by atoms with Gasteiger partial charge >= 0.3 is 0 Å². The van der Waals surface area contributed by atoms with Crippen LogP contribution >= 0.6 is 0 Å². The number of amides is 1. The van der Waals surface area contributed by atoms with Crippen LogP contribution in [-0.4, -0.2) is 62.5 Å². The first-order valence-electron chi connectivity index (χ1n) is 5.47. The lowest BCUT2D eigenvalue weighted by molar-refractivity contribution is -0.133. The molecule has 1 atom stereocenters. The summed E-state index contributed by atoms with van der Waals surface area (Å²) in [5.74, 6) is 0.220. The van der Waals surface area contributed by atoms with Gasteiger partial charge in [0, 0.05) is 26.7 Å². The second-order valence-electron chi connectivity index (χ2n) is 5.35. The monoisotopic (exact) mass is 213 g/mol.